The number of pyridine rings is 1. The highest BCUT2D eigenvalue weighted by Crippen LogP contribution is 2.25. The van der Waals surface area contributed by atoms with Crippen LogP contribution >= 0.6 is 0 Å². The second kappa shape index (κ2) is 5.58. The van der Waals surface area contributed by atoms with Gasteiger partial charge in [0.2, 0.25) is 0 Å². The molecule has 0 saturated carbocycles. The lowest BCUT2D eigenvalue weighted by molar-refractivity contribution is 0.478. The minimum atomic E-state index is 0.398. The second-order valence-corrected chi connectivity index (χ2v) is 5.50. The van der Waals surface area contributed by atoms with Gasteiger partial charge in [0, 0.05) is 18.3 Å². The number of aromatic nitrogens is 1. The summed E-state index contributed by atoms with van der Waals surface area (Å²) < 4.78 is 0. The highest BCUT2D eigenvalue weighted by Gasteiger charge is 2.18. The number of nitrogens with zero attached hydrogens (tertiary/aromatic N) is 2. The lowest BCUT2D eigenvalue weighted by atomic mass is 9.95. The summed E-state index contributed by atoms with van der Waals surface area (Å²) in [6.07, 6.45) is 6.90. The van der Waals surface area contributed by atoms with Crippen molar-refractivity contribution in [1.29, 1.82) is 5.26 Å². The maximum Gasteiger partial charge on any atom is 0.144 e. The van der Waals surface area contributed by atoms with Crippen LogP contribution in [0, 0.1) is 11.3 Å². The van der Waals surface area contributed by atoms with Gasteiger partial charge in [-0.1, -0.05) is 0 Å². The van der Waals surface area contributed by atoms with Crippen LogP contribution in [-0.4, -0.2) is 24.1 Å². The van der Waals surface area contributed by atoms with E-state index in [-0.39, 0.29) is 0 Å². The zero-order valence-electron chi connectivity index (χ0n) is 11.2. The topological polar surface area (TPSA) is 60.7 Å². The van der Waals surface area contributed by atoms with Crippen LogP contribution in [-0.2, 0) is 12.8 Å². The van der Waals surface area contributed by atoms with Gasteiger partial charge in [-0.25, -0.2) is 4.98 Å². The quantitative estimate of drug-likeness (QED) is 0.849. The molecule has 1 aliphatic carbocycles. The summed E-state index contributed by atoms with van der Waals surface area (Å²) >= 11 is 0. The van der Waals surface area contributed by atoms with Crippen molar-refractivity contribution in [2.45, 2.75) is 44.6 Å². The normalized spacial score (nSPS) is 22.4. The van der Waals surface area contributed by atoms with E-state index in [0.29, 0.717) is 11.6 Å². The number of aryl methyl sites for hydroxylation is 2. The Kier molecular flexibility index (Phi) is 3.65. The van der Waals surface area contributed by atoms with E-state index in [9.17, 15) is 5.26 Å². The van der Waals surface area contributed by atoms with Crippen molar-refractivity contribution in [2.24, 2.45) is 0 Å². The number of hydrogen-bond acceptors (Lipinski definition) is 4. The van der Waals surface area contributed by atoms with Crippen molar-refractivity contribution in [3.63, 3.8) is 0 Å². The molecule has 1 aliphatic heterocycles. The van der Waals surface area contributed by atoms with Crippen LogP contribution in [0.25, 0.3) is 0 Å². The molecule has 4 nitrogen and oxygen atoms in total. The minimum absolute atomic E-state index is 0.398. The molecule has 100 valence electrons. The van der Waals surface area contributed by atoms with Crippen LogP contribution < -0.4 is 10.6 Å². The lowest BCUT2D eigenvalue weighted by Gasteiger charge is -2.25. The fourth-order valence-corrected chi connectivity index (χ4v) is 3.00. The lowest BCUT2D eigenvalue weighted by Crippen LogP contribution is -2.38. The molecule has 3 rings (SSSR count). The fourth-order valence-electron chi connectivity index (χ4n) is 3.00. The molecule has 0 bridgehead atoms. The molecule has 1 aromatic heterocycles. The average molecular weight is 256 g/mol. The Hall–Kier alpha value is -1.60. The predicted molar refractivity (Wildman–Crippen MR) is 75.1 cm³/mol. The summed E-state index contributed by atoms with van der Waals surface area (Å²) in [5.74, 6) is 0.789. The summed E-state index contributed by atoms with van der Waals surface area (Å²) in [6, 6.07) is 4.73. The van der Waals surface area contributed by atoms with Gasteiger partial charge < -0.3 is 10.6 Å². The first-order valence-corrected chi connectivity index (χ1v) is 7.27. The largest absolute Gasteiger partial charge is 0.365 e. The van der Waals surface area contributed by atoms with Crippen LogP contribution in [0.3, 0.4) is 0 Å². The Labute approximate surface area is 114 Å². The standard InChI is InChI=1S/C15H20N4/c16-9-12-8-11-4-1-2-6-14(11)19-15(12)18-13-5-3-7-17-10-13/h8,13,17H,1-7,10H2,(H,18,19). The Bertz CT molecular complexity index is 498. The predicted octanol–water partition coefficient (Wildman–Crippen LogP) is 2.00. The van der Waals surface area contributed by atoms with Crippen molar-refractivity contribution in [2.75, 3.05) is 18.4 Å². The molecule has 1 unspecified atom stereocenters. The first kappa shape index (κ1) is 12.4. The Balaban J connectivity index is 1.84. The summed E-state index contributed by atoms with van der Waals surface area (Å²) in [5, 5.41) is 16.1. The maximum absolute atomic E-state index is 9.30. The minimum Gasteiger partial charge on any atom is -0.365 e. The zero-order valence-corrected chi connectivity index (χ0v) is 11.2. The molecule has 1 aromatic rings. The van der Waals surface area contributed by atoms with E-state index in [1.54, 1.807) is 0 Å². The highest BCUT2D eigenvalue weighted by atomic mass is 15.1. The van der Waals surface area contributed by atoms with Crippen molar-refractivity contribution in [3.8, 4) is 6.07 Å². The number of anilines is 1. The summed E-state index contributed by atoms with van der Waals surface area (Å²) in [5.41, 5.74) is 3.16. The average Bonchev–Trinajstić information content (AvgIpc) is 2.47. The smallest absolute Gasteiger partial charge is 0.144 e. The molecule has 0 spiro atoms. The molecular weight excluding hydrogens is 236 g/mol. The number of rotatable bonds is 2. The van der Waals surface area contributed by atoms with Crippen molar-refractivity contribution < 1.29 is 0 Å². The fraction of sp³-hybridized carbons (Fsp3) is 0.600. The van der Waals surface area contributed by atoms with Crippen LogP contribution in [0.2, 0.25) is 0 Å². The first-order valence-electron chi connectivity index (χ1n) is 7.27. The summed E-state index contributed by atoms with van der Waals surface area (Å²) in [6.45, 7) is 2.06. The van der Waals surface area contributed by atoms with Crippen LogP contribution in [0.4, 0.5) is 5.82 Å². The summed E-state index contributed by atoms with van der Waals surface area (Å²) in [7, 11) is 0. The van der Waals surface area contributed by atoms with Gasteiger partial charge in [-0.15, -0.1) is 0 Å². The van der Waals surface area contributed by atoms with Crippen LogP contribution in [0.1, 0.15) is 42.5 Å². The van der Waals surface area contributed by atoms with Gasteiger partial charge in [-0.05, 0) is 56.7 Å². The number of hydrogen-bond donors (Lipinski definition) is 2. The van der Waals surface area contributed by atoms with Gasteiger partial charge >= 0.3 is 0 Å². The van der Waals surface area contributed by atoms with E-state index in [0.717, 1.165) is 38.2 Å². The molecule has 0 radical (unpaired) electrons. The molecule has 0 amide bonds. The number of piperidine rings is 1. The molecule has 2 aliphatic rings. The van der Waals surface area contributed by atoms with Gasteiger partial charge in [0.1, 0.15) is 11.9 Å². The third-order valence-electron chi connectivity index (χ3n) is 4.06. The van der Waals surface area contributed by atoms with Crippen molar-refractivity contribution in [3.05, 3.63) is 22.9 Å². The third-order valence-corrected chi connectivity index (χ3v) is 4.06. The van der Waals surface area contributed by atoms with Crippen molar-refractivity contribution in [1.82, 2.24) is 10.3 Å². The van der Waals surface area contributed by atoms with Crippen LogP contribution in [0.5, 0.6) is 0 Å². The highest BCUT2D eigenvalue weighted by molar-refractivity contribution is 5.55. The molecular formula is C15H20N4. The second-order valence-electron chi connectivity index (χ2n) is 5.50. The van der Waals surface area contributed by atoms with Crippen LogP contribution in [0.15, 0.2) is 6.07 Å². The first-order chi connectivity index (χ1) is 9.36. The molecule has 1 atom stereocenters. The number of fused-ring (bicyclic) bond motifs is 1. The molecule has 1 saturated heterocycles. The van der Waals surface area contributed by atoms with Gasteiger partial charge in [0.25, 0.3) is 0 Å². The van der Waals surface area contributed by atoms with Gasteiger partial charge in [0.15, 0.2) is 0 Å². The summed E-state index contributed by atoms with van der Waals surface area (Å²) in [4.78, 5) is 4.72. The van der Waals surface area contributed by atoms with E-state index in [4.69, 9.17) is 4.98 Å². The molecule has 1 fully saturated rings. The molecule has 4 heteroatoms. The zero-order chi connectivity index (χ0) is 13.1. The number of nitriles is 1. The van der Waals surface area contributed by atoms with E-state index in [1.807, 2.05) is 6.07 Å². The van der Waals surface area contributed by atoms with Gasteiger partial charge in [-0.3, -0.25) is 0 Å². The Morgan fingerprint density at radius 3 is 3.00 bits per heavy atom. The maximum atomic E-state index is 9.30. The molecule has 2 N–H and O–H groups in total. The van der Waals surface area contributed by atoms with Gasteiger partial charge in [0.05, 0.1) is 5.56 Å². The Morgan fingerprint density at radius 1 is 1.32 bits per heavy atom. The van der Waals surface area contributed by atoms with E-state index in [2.05, 4.69) is 16.7 Å². The molecule has 0 aromatic carbocycles. The van der Waals surface area contributed by atoms with E-state index in [1.165, 1.54) is 30.5 Å². The van der Waals surface area contributed by atoms with Gasteiger partial charge in [-0.2, -0.15) is 5.26 Å². The van der Waals surface area contributed by atoms with E-state index >= 15 is 0 Å². The molecule has 19 heavy (non-hydrogen) atoms. The number of nitrogens with one attached hydrogen (secondary N) is 2. The molecule has 2 heterocycles. The third kappa shape index (κ3) is 2.71. The Morgan fingerprint density at radius 2 is 2.21 bits per heavy atom. The van der Waals surface area contributed by atoms with E-state index < -0.39 is 0 Å². The SMILES string of the molecule is N#Cc1cc2c(nc1NC1CCCNC1)CCCC2. The monoisotopic (exact) mass is 256 g/mol. The van der Waals surface area contributed by atoms with Crippen molar-refractivity contribution >= 4 is 5.82 Å².